The summed E-state index contributed by atoms with van der Waals surface area (Å²) in [7, 11) is 0. The van der Waals surface area contributed by atoms with E-state index in [1.807, 2.05) is 0 Å². The molecule has 0 amide bonds. The number of hydrogen-bond donors (Lipinski definition) is 1. The number of unbranched alkanes of at least 4 members (excludes halogenated alkanes) is 6. The van der Waals surface area contributed by atoms with E-state index in [2.05, 4.69) is 27.7 Å². The van der Waals surface area contributed by atoms with Gasteiger partial charge in [0.25, 0.3) is 0 Å². The number of carbonyl (C=O) groups excluding carboxylic acids is 1. The summed E-state index contributed by atoms with van der Waals surface area (Å²) in [6.45, 7) is 9.09. The zero-order valence-electron chi connectivity index (χ0n) is 20.9. The second-order valence-corrected chi connectivity index (χ2v) is 10.7. The van der Waals surface area contributed by atoms with Crippen molar-refractivity contribution in [3.8, 4) is 0 Å². The molecule has 0 spiro atoms. The van der Waals surface area contributed by atoms with Crippen LogP contribution in [-0.4, -0.2) is 23.1 Å². The molecule has 1 aliphatic carbocycles. The van der Waals surface area contributed by atoms with E-state index in [4.69, 9.17) is 4.74 Å². The van der Waals surface area contributed by atoms with Gasteiger partial charge in [0.2, 0.25) is 0 Å². The maximum absolute atomic E-state index is 12.8. The van der Waals surface area contributed by atoms with E-state index in [1.54, 1.807) is 0 Å². The number of carboxylic acid groups (broad SMARTS) is 1. The van der Waals surface area contributed by atoms with Crippen molar-refractivity contribution >= 4 is 11.9 Å². The van der Waals surface area contributed by atoms with E-state index in [0.29, 0.717) is 12.8 Å². The molecule has 4 nitrogen and oxygen atoms in total. The van der Waals surface area contributed by atoms with Gasteiger partial charge in [0.05, 0.1) is 11.8 Å². The molecular weight excluding hydrogens is 388 g/mol. The molecule has 1 rings (SSSR count). The van der Waals surface area contributed by atoms with Crippen LogP contribution in [-0.2, 0) is 14.3 Å². The maximum atomic E-state index is 12.8. The van der Waals surface area contributed by atoms with Crippen LogP contribution in [0.5, 0.6) is 0 Å². The van der Waals surface area contributed by atoms with Crippen LogP contribution in [0.3, 0.4) is 0 Å². The molecule has 0 aliphatic heterocycles. The summed E-state index contributed by atoms with van der Waals surface area (Å²) < 4.78 is 5.97. The minimum absolute atomic E-state index is 0.00687. The smallest absolute Gasteiger partial charge is 0.309 e. The molecule has 1 N–H and O–H groups in total. The summed E-state index contributed by atoms with van der Waals surface area (Å²) in [5.41, 5.74) is 0. The van der Waals surface area contributed by atoms with Gasteiger partial charge in [-0.05, 0) is 56.8 Å². The third-order valence-electron chi connectivity index (χ3n) is 6.75. The normalized spacial score (nSPS) is 20.2. The Kier molecular flexibility index (Phi) is 14.9. The summed E-state index contributed by atoms with van der Waals surface area (Å²) in [5.74, 6) is 0.0190. The molecule has 3 unspecified atom stereocenters. The van der Waals surface area contributed by atoms with Crippen LogP contribution < -0.4 is 0 Å². The van der Waals surface area contributed by atoms with Gasteiger partial charge in [0, 0.05) is 0 Å². The molecule has 182 valence electrons. The Bertz CT molecular complexity index is 486. The molecule has 0 radical (unpaired) electrons. The fourth-order valence-corrected chi connectivity index (χ4v) is 4.71. The average Bonchev–Trinajstić information content (AvgIpc) is 2.72. The number of aliphatic carboxylic acids is 1. The van der Waals surface area contributed by atoms with Crippen molar-refractivity contribution < 1.29 is 19.4 Å². The first-order chi connectivity index (χ1) is 14.8. The molecule has 1 fully saturated rings. The molecule has 0 saturated heterocycles. The van der Waals surface area contributed by atoms with Gasteiger partial charge >= 0.3 is 11.9 Å². The van der Waals surface area contributed by atoms with Crippen molar-refractivity contribution in [3.05, 3.63) is 0 Å². The van der Waals surface area contributed by atoms with Gasteiger partial charge in [-0.1, -0.05) is 85.5 Å². The number of carboxylic acids is 1. The molecule has 4 heteroatoms. The topological polar surface area (TPSA) is 63.6 Å². The van der Waals surface area contributed by atoms with E-state index in [1.165, 1.54) is 51.4 Å². The van der Waals surface area contributed by atoms with Crippen molar-refractivity contribution in [2.75, 3.05) is 0 Å². The lowest BCUT2D eigenvalue weighted by Gasteiger charge is -2.27. The molecule has 1 saturated carbocycles. The van der Waals surface area contributed by atoms with Crippen LogP contribution in [0.25, 0.3) is 0 Å². The van der Waals surface area contributed by atoms with Crippen molar-refractivity contribution in [1.82, 2.24) is 0 Å². The van der Waals surface area contributed by atoms with Crippen LogP contribution in [0.1, 0.15) is 130 Å². The second-order valence-electron chi connectivity index (χ2n) is 10.7. The summed E-state index contributed by atoms with van der Waals surface area (Å²) in [5, 5.41) is 9.31. The summed E-state index contributed by atoms with van der Waals surface area (Å²) in [6, 6.07) is 0. The fourth-order valence-electron chi connectivity index (χ4n) is 4.71. The lowest BCUT2D eigenvalue weighted by Crippen LogP contribution is -2.31. The Balaban J connectivity index is 2.41. The van der Waals surface area contributed by atoms with Crippen molar-refractivity contribution in [1.29, 1.82) is 0 Å². The van der Waals surface area contributed by atoms with Crippen LogP contribution in [0.2, 0.25) is 0 Å². The van der Waals surface area contributed by atoms with Crippen LogP contribution in [0, 0.1) is 23.7 Å². The number of carbonyl (C=O) groups is 2. The first-order valence-electron chi connectivity index (χ1n) is 13.2. The van der Waals surface area contributed by atoms with Gasteiger partial charge in [0.1, 0.15) is 6.10 Å². The molecule has 0 aromatic heterocycles. The van der Waals surface area contributed by atoms with Gasteiger partial charge in [-0.2, -0.15) is 0 Å². The van der Waals surface area contributed by atoms with E-state index >= 15 is 0 Å². The fraction of sp³-hybridized carbons (Fsp3) is 0.926. The van der Waals surface area contributed by atoms with Gasteiger partial charge in [-0.25, -0.2) is 0 Å². The predicted octanol–water partition coefficient (Wildman–Crippen LogP) is 7.78. The van der Waals surface area contributed by atoms with E-state index in [-0.39, 0.29) is 23.9 Å². The summed E-state index contributed by atoms with van der Waals surface area (Å²) >= 11 is 0. The lowest BCUT2D eigenvalue weighted by molar-refractivity contribution is -0.158. The first-order valence-corrected chi connectivity index (χ1v) is 13.2. The van der Waals surface area contributed by atoms with Crippen LogP contribution in [0.4, 0.5) is 0 Å². The standard InChI is InChI=1S/C27H50O4/c1-21(2)14-9-6-5-7-11-18-25(19-12-8-10-15-22(3)4)31-27(30)24-17-13-16-23(20-24)26(28)29/h21-25H,5-20H2,1-4H3,(H,28,29). The van der Waals surface area contributed by atoms with Gasteiger partial charge in [-0.3, -0.25) is 9.59 Å². The minimum atomic E-state index is -0.767. The molecule has 0 bridgehead atoms. The van der Waals surface area contributed by atoms with E-state index < -0.39 is 5.97 Å². The number of rotatable bonds is 17. The number of esters is 1. The van der Waals surface area contributed by atoms with Crippen LogP contribution in [0.15, 0.2) is 0 Å². The quantitative estimate of drug-likeness (QED) is 0.186. The highest BCUT2D eigenvalue weighted by molar-refractivity contribution is 5.75. The Hall–Kier alpha value is -1.06. The largest absolute Gasteiger partial charge is 0.481 e. The highest BCUT2D eigenvalue weighted by Gasteiger charge is 2.32. The molecule has 0 aromatic carbocycles. The third-order valence-corrected chi connectivity index (χ3v) is 6.75. The lowest BCUT2D eigenvalue weighted by atomic mass is 9.81. The zero-order chi connectivity index (χ0) is 23.1. The van der Waals surface area contributed by atoms with Crippen molar-refractivity contribution in [3.63, 3.8) is 0 Å². The van der Waals surface area contributed by atoms with Gasteiger partial charge in [-0.15, -0.1) is 0 Å². The highest BCUT2D eigenvalue weighted by atomic mass is 16.5. The number of ether oxygens (including phenoxy) is 1. The van der Waals surface area contributed by atoms with Gasteiger partial charge < -0.3 is 9.84 Å². The van der Waals surface area contributed by atoms with E-state index in [0.717, 1.165) is 50.4 Å². The van der Waals surface area contributed by atoms with Crippen LogP contribution >= 0.6 is 0 Å². The monoisotopic (exact) mass is 438 g/mol. The van der Waals surface area contributed by atoms with Gasteiger partial charge in [0.15, 0.2) is 0 Å². The Morgan fingerprint density at radius 1 is 0.742 bits per heavy atom. The molecule has 3 atom stereocenters. The molecule has 1 aliphatic rings. The van der Waals surface area contributed by atoms with Crippen molar-refractivity contribution in [2.24, 2.45) is 23.7 Å². The predicted molar refractivity (Wildman–Crippen MR) is 128 cm³/mol. The Labute approximate surface area is 191 Å². The first kappa shape index (κ1) is 28.0. The average molecular weight is 439 g/mol. The summed E-state index contributed by atoms with van der Waals surface area (Å²) in [4.78, 5) is 24.1. The zero-order valence-corrected chi connectivity index (χ0v) is 20.9. The molecular formula is C27H50O4. The Morgan fingerprint density at radius 2 is 1.19 bits per heavy atom. The highest BCUT2D eigenvalue weighted by Crippen LogP contribution is 2.31. The summed E-state index contributed by atoms with van der Waals surface area (Å²) in [6.07, 6.45) is 17.0. The molecule has 31 heavy (non-hydrogen) atoms. The molecule has 0 heterocycles. The van der Waals surface area contributed by atoms with E-state index in [9.17, 15) is 14.7 Å². The Morgan fingerprint density at radius 3 is 1.71 bits per heavy atom. The minimum Gasteiger partial charge on any atom is -0.481 e. The van der Waals surface area contributed by atoms with Crippen molar-refractivity contribution in [2.45, 2.75) is 137 Å². The third kappa shape index (κ3) is 13.9. The number of hydrogen-bond acceptors (Lipinski definition) is 3. The SMILES string of the molecule is CC(C)CCCCCCCC(CCCCCC(C)C)OC(=O)C1CCCC(C(=O)O)C1. The second kappa shape index (κ2) is 16.6. The molecule has 0 aromatic rings. The maximum Gasteiger partial charge on any atom is 0.309 e.